The van der Waals surface area contributed by atoms with Gasteiger partial charge in [-0.05, 0) is 43.9 Å². The lowest BCUT2D eigenvalue weighted by molar-refractivity contribution is 0.783. The first kappa shape index (κ1) is 10.0. The van der Waals surface area contributed by atoms with Gasteiger partial charge in [0.15, 0.2) is 0 Å². The summed E-state index contributed by atoms with van der Waals surface area (Å²) in [5.41, 5.74) is 4.05. The number of nitrogens with one attached hydrogen (secondary N) is 1. The van der Waals surface area contributed by atoms with Crippen molar-refractivity contribution in [2.24, 2.45) is 0 Å². The summed E-state index contributed by atoms with van der Waals surface area (Å²) in [7, 11) is 0. The fourth-order valence-electron chi connectivity index (χ4n) is 1.86. The van der Waals surface area contributed by atoms with Crippen molar-refractivity contribution in [2.45, 2.75) is 26.2 Å². The van der Waals surface area contributed by atoms with Crippen molar-refractivity contribution in [2.75, 3.05) is 5.32 Å². The van der Waals surface area contributed by atoms with Gasteiger partial charge in [0.25, 0.3) is 0 Å². The molecule has 0 unspecified atom stereocenters. The molecule has 1 aromatic carbocycles. The largest absolute Gasteiger partial charge is 0.361 e. The SMILES string of the molecule is CC1=C/C(=C\Nc2ccccc2)CCC1. The summed E-state index contributed by atoms with van der Waals surface area (Å²) in [5, 5.41) is 3.33. The topological polar surface area (TPSA) is 12.0 Å². The molecule has 0 aliphatic heterocycles. The predicted molar refractivity (Wildman–Crippen MR) is 65.8 cm³/mol. The number of para-hydroxylation sites is 1. The number of hydrogen-bond acceptors (Lipinski definition) is 1. The van der Waals surface area contributed by atoms with Gasteiger partial charge in [0.2, 0.25) is 0 Å². The molecule has 1 aromatic rings. The van der Waals surface area contributed by atoms with E-state index in [2.05, 4.69) is 36.6 Å². The molecule has 0 fully saturated rings. The normalized spacial score (nSPS) is 18.7. The summed E-state index contributed by atoms with van der Waals surface area (Å²) < 4.78 is 0. The van der Waals surface area contributed by atoms with Crippen LogP contribution in [-0.2, 0) is 0 Å². The molecule has 0 aromatic heterocycles. The molecule has 15 heavy (non-hydrogen) atoms. The quantitative estimate of drug-likeness (QED) is 0.755. The third kappa shape index (κ3) is 2.98. The van der Waals surface area contributed by atoms with E-state index < -0.39 is 0 Å². The summed E-state index contributed by atoms with van der Waals surface area (Å²) in [5.74, 6) is 0. The van der Waals surface area contributed by atoms with E-state index in [9.17, 15) is 0 Å². The molecule has 0 saturated carbocycles. The summed E-state index contributed by atoms with van der Waals surface area (Å²) in [6.45, 7) is 2.20. The van der Waals surface area contributed by atoms with Gasteiger partial charge >= 0.3 is 0 Å². The molecular weight excluding hydrogens is 182 g/mol. The predicted octanol–water partition coefficient (Wildman–Crippen LogP) is 4.11. The van der Waals surface area contributed by atoms with Crippen LogP contribution in [0.1, 0.15) is 26.2 Å². The highest BCUT2D eigenvalue weighted by Gasteiger charge is 2.02. The van der Waals surface area contributed by atoms with Gasteiger partial charge in [0.05, 0.1) is 0 Å². The van der Waals surface area contributed by atoms with Gasteiger partial charge in [-0.1, -0.05) is 29.8 Å². The van der Waals surface area contributed by atoms with Crippen LogP contribution in [-0.4, -0.2) is 0 Å². The van der Waals surface area contributed by atoms with Crippen molar-refractivity contribution in [1.29, 1.82) is 0 Å². The van der Waals surface area contributed by atoms with Crippen LogP contribution >= 0.6 is 0 Å². The molecule has 0 radical (unpaired) electrons. The first-order chi connectivity index (χ1) is 7.34. The maximum atomic E-state index is 3.33. The minimum absolute atomic E-state index is 1.15. The number of anilines is 1. The first-order valence-corrected chi connectivity index (χ1v) is 5.52. The molecule has 78 valence electrons. The van der Waals surface area contributed by atoms with Crippen molar-refractivity contribution in [1.82, 2.24) is 0 Å². The van der Waals surface area contributed by atoms with Gasteiger partial charge in [-0.2, -0.15) is 0 Å². The van der Waals surface area contributed by atoms with E-state index in [1.165, 1.54) is 30.4 Å². The van der Waals surface area contributed by atoms with E-state index in [0.29, 0.717) is 0 Å². The van der Waals surface area contributed by atoms with Crippen LogP contribution in [0.25, 0.3) is 0 Å². The second-order valence-electron chi connectivity index (χ2n) is 4.07. The van der Waals surface area contributed by atoms with Gasteiger partial charge in [-0.3, -0.25) is 0 Å². The lowest BCUT2D eigenvalue weighted by atomic mass is 9.97. The highest BCUT2D eigenvalue weighted by Crippen LogP contribution is 2.21. The van der Waals surface area contributed by atoms with Crippen LogP contribution in [0.15, 0.2) is 53.8 Å². The second kappa shape index (κ2) is 4.83. The Balaban J connectivity index is 2.03. The minimum atomic E-state index is 1.15. The Bertz CT molecular complexity index is 374. The monoisotopic (exact) mass is 199 g/mol. The van der Waals surface area contributed by atoms with Gasteiger partial charge in [0.1, 0.15) is 0 Å². The molecular formula is C14H17N. The molecule has 0 heterocycles. The molecule has 1 aliphatic rings. The Kier molecular flexibility index (Phi) is 3.23. The Hall–Kier alpha value is -1.50. The Morgan fingerprint density at radius 1 is 1.13 bits per heavy atom. The van der Waals surface area contributed by atoms with E-state index >= 15 is 0 Å². The van der Waals surface area contributed by atoms with Crippen molar-refractivity contribution >= 4 is 5.69 Å². The smallest absolute Gasteiger partial charge is 0.0379 e. The van der Waals surface area contributed by atoms with Crippen molar-refractivity contribution in [3.05, 3.63) is 53.8 Å². The summed E-state index contributed by atoms with van der Waals surface area (Å²) in [6.07, 6.45) is 8.14. The lowest BCUT2D eigenvalue weighted by Crippen LogP contribution is -1.95. The number of allylic oxidation sites excluding steroid dienone is 3. The number of hydrogen-bond donors (Lipinski definition) is 1. The van der Waals surface area contributed by atoms with E-state index in [1.807, 2.05) is 18.2 Å². The maximum Gasteiger partial charge on any atom is 0.0379 e. The van der Waals surface area contributed by atoms with Crippen molar-refractivity contribution in [3.8, 4) is 0 Å². The molecule has 1 aliphatic carbocycles. The maximum absolute atomic E-state index is 3.33. The van der Waals surface area contributed by atoms with Crippen LogP contribution < -0.4 is 5.32 Å². The van der Waals surface area contributed by atoms with Gasteiger partial charge in [0, 0.05) is 11.9 Å². The van der Waals surface area contributed by atoms with Crippen LogP contribution in [0.2, 0.25) is 0 Å². The third-order valence-electron chi connectivity index (χ3n) is 2.67. The Morgan fingerprint density at radius 2 is 1.93 bits per heavy atom. The number of benzene rings is 1. The van der Waals surface area contributed by atoms with Crippen LogP contribution in [0, 0.1) is 0 Å². The zero-order valence-electron chi connectivity index (χ0n) is 9.16. The van der Waals surface area contributed by atoms with E-state index in [4.69, 9.17) is 0 Å². The summed E-state index contributed by atoms with van der Waals surface area (Å²) in [6, 6.07) is 10.3. The van der Waals surface area contributed by atoms with Crippen molar-refractivity contribution < 1.29 is 0 Å². The van der Waals surface area contributed by atoms with Crippen LogP contribution in [0.5, 0.6) is 0 Å². The molecule has 1 nitrogen and oxygen atoms in total. The van der Waals surface area contributed by atoms with E-state index in [0.717, 1.165) is 5.69 Å². The van der Waals surface area contributed by atoms with Crippen LogP contribution in [0.4, 0.5) is 5.69 Å². The summed E-state index contributed by atoms with van der Waals surface area (Å²) >= 11 is 0. The lowest BCUT2D eigenvalue weighted by Gasteiger charge is -2.12. The van der Waals surface area contributed by atoms with Gasteiger partial charge in [-0.15, -0.1) is 0 Å². The fourth-order valence-corrected chi connectivity index (χ4v) is 1.86. The Labute approximate surface area is 91.5 Å². The van der Waals surface area contributed by atoms with Crippen LogP contribution in [0.3, 0.4) is 0 Å². The molecule has 1 N–H and O–H groups in total. The zero-order chi connectivity index (χ0) is 10.5. The molecule has 0 amide bonds. The first-order valence-electron chi connectivity index (χ1n) is 5.52. The molecule has 0 bridgehead atoms. The molecule has 2 rings (SSSR count). The van der Waals surface area contributed by atoms with Crippen molar-refractivity contribution in [3.63, 3.8) is 0 Å². The van der Waals surface area contributed by atoms with Gasteiger partial charge < -0.3 is 5.32 Å². The third-order valence-corrected chi connectivity index (χ3v) is 2.67. The average Bonchev–Trinajstić information content (AvgIpc) is 2.28. The zero-order valence-corrected chi connectivity index (χ0v) is 9.16. The molecule has 0 atom stereocenters. The molecule has 0 saturated heterocycles. The second-order valence-corrected chi connectivity index (χ2v) is 4.07. The van der Waals surface area contributed by atoms with E-state index in [-0.39, 0.29) is 0 Å². The highest BCUT2D eigenvalue weighted by atomic mass is 14.8. The molecule has 1 heteroatoms. The number of rotatable bonds is 2. The minimum Gasteiger partial charge on any atom is -0.361 e. The van der Waals surface area contributed by atoms with Gasteiger partial charge in [-0.25, -0.2) is 0 Å². The van der Waals surface area contributed by atoms with E-state index in [1.54, 1.807) is 0 Å². The highest BCUT2D eigenvalue weighted by molar-refractivity contribution is 5.46. The Morgan fingerprint density at radius 3 is 2.67 bits per heavy atom. The summed E-state index contributed by atoms with van der Waals surface area (Å²) in [4.78, 5) is 0. The average molecular weight is 199 g/mol. The molecule has 0 spiro atoms. The standard InChI is InChI=1S/C14H17N/c1-12-6-5-7-13(10-12)11-15-14-8-3-2-4-9-14/h2-4,8-11,15H,5-7H2,1H3/b13-11-. The fraction of sp³-hybridized carbons (Fsp3) is 0.286.